The van der Waals surface area contributed by atoms with E-state index in [0.717, 1.165) is 38.1 Å². The second kappa shape index (κ2) is 8.64. The van der Waals surface area contributed by atoms with Gasteiger partial charge in [0.1, 0.15) is 5.82 Å². The lowest BCUT2D eigenvalue weighted by molar-refractivity contribution is -0.146. The van der Waals surface area contributed by atoms with Crippen molar-refractivity contribution >= 4 is 11.9 Å². The van der Waals surface area contributed by atoms with Crippen molar-refractivity contribution in [2.75, 3.05) is 26.2 Å². The number of rotatable bonds is 7. The summed E-state index contributed by atoms with van der Waals surface area (Å²) in [6, 6.07) is 0. The van der Waals surface area contributed by atoms with Crippen LogP contribution in [-0.2, 0) is 23.2 Å². The molecule has 0 saturated carbocycles. The van der Waals surface area contributed by atoms with Crippen molar-refractivity contribution in [1.29, 1.82) is 0 Å². The number of carboxylic acids is 1. The number of aryl methyl sites for hydroxylation is 1. The van der Waals surface area contributed by atoms with Crippen LogP contribution < -0.4 is 0 Å². The van der Waals surface area contributed by atoms with Gasteiger partial charge in [0.2, 0.25) is 5.91 Å². The zero-order chi connectivity index (χ0) is 20.3. The average molecular weight is 391 g/mol. The van der Waals surface area contributed by atoms with E-state index in [1.807, 2.05) is 22.7 Å². The SMILES string of the molecule is CCC(CC)CC(=O)N1CCC2(CC1)CN(Cc1nccn1C)CC2C(=O)O. The maximum absolute atomic E-state index is 12.6. The van der Waals surface area contributed by atoms with E-state index in [4.69, 9.17) is 0 Å². The van der Waals surface area contributed by atoms with Gasteiger partial charge in [0.05, 0.1) is 12.5 Å². The third kappa shape index (κ3) is 4.24. The summed E-state index contributed by atoms with van der Waals surface area (Å²) in [7, 11) is 1.97. The number of aliphatic carboxylic acids is 1. The Labute approximate surface area is 167 Å². The van der Waals surface area contributed by atoms with E-state index in [-0.39, 0.29) is 17.2 Å². The Morgan fingerprint density at radius 3 is 2.50 bits per heavy atom. The smallest absolute Gasteiger partial charge is 0.308 e. The predicted octanol–water partition coefficient (Wildman–Crippen LogP) is 2.37. The first kappa shape index (κ1) is 20.8. The molecule has 0 aromatic carbocycles. The fourth-order valence-electron chi connectivity index (χ4n) is 4.94. The molecule has 1 unspecified atom stereocenters. The first-order chi connectivity index (χ1) is 13.4. The molecule has 1 aromatic heterocycles. The largest absolute Gasteiger partial charge is 0.481 e. The van der Waals surface area contributed by atoms with Crippen LogP contribution in [0, 0.1) is 17.3 Å². The van der Waals surface area contributed by atoms with Gasteiger partial charge in [0, 0.05) is 57.5 Å². The van der Waals surface area contributed by atoms with Crippen LogP contribution in [0.4, 0.5) is 0 Å². The third-order valence-electron chi connectivity index (χ3n) is 7.03. The van der Waals surface area contributed by atoms with E-state index in [0.29, 0.717) is 38.5 Å². The molecule has 0 aliphatic carbocycles. The summed E-state index contributed by atoms with van der Waals surface area (Å²) >= 11 is 0. The molecule has 2 saturated heterocycles. The van der Waals surface area contributed by atoms with Crippen LogP contribution in [0.5, 0.6) is 0 Å². The van der Waals surface area contributed by atoms with Gasteiger partial charge in [-0.15, -0.1) is 0 Å². The molecule has 3 heterocycles. The number of nitrogens with zero attached hydrogens (tertiary/aromatic N) is 4. The number of amides is 1. The Morgan fingerprint density at radius 1 is 1.29 bits per heavy atom. The molecule has 1 amide bonds. The maximum atomic E-state index is 12.6. The van der Waals surface area contributed by atoms with Crippen molar-refractivity contribution in [3.05, 3.63) is 18.2 Å². The number of imidazole rings is 1. The van der Waals surface area contributed by atoms with Crippen LogP contribution in [0.25, 0.3) is 0 Å². The highest BCUT2D eigenvalue weighted by molar-refractivity contribution is 5.77. The van der Waals surface area contributed by atoms with Crippen LogP contribution in [0.2, 0.25) is 0 Å². The molecule has 0 bridgehead atoms. The van der Waals surface area contributed by atoms with Gasteiger partial charge in [-0.25, -0.2) is 4.98 Å². The van der Waals surface area contributed by atoms with E-state index < -0.39 is 5.97 Å². The van der Waals surface area contributed by atoms with Crippen LogP contribution >= 0.6 is 0 Å². The lowest BCUT2D eigenvalue weighted by Gasteiger charge is -2.41. The van der Waals surface area contributed by atoms with Crippen LogP contribution in [0.1, 0.15) is 51.8 Å². The van der Waals surface area contributed by atoms with E-state index in [1.165, 1.54) is 0 Å². The Kier molecular flexibility index (Phi) is 6.43. The summed E-state index contributed by atoms with van der Waals surface area (Å²) in [5.74, 6) is 0.565. The lowest BCUT2D eigenvalue weighted by atomic mass is 9.70. The Bertz CT molecular complexity index is 690. The van der Waals surface area contributed by atoms with E-state index in [1.54, 1.807) is 6.20 Å². The van der Waals surface area contributed by atoms with Crippen molar-refractivity contribution in [2.45, 2.75) is 52.5 Å². The number of likely N-dealkylation sites (tertiary alicyclic amines) is 2. The quantitative estimate of drug-likeness (QED) is 0.773. The molecule has 1 N–H and O–H groups in total. The van der Waals surface area contributed by atoms with Crippen molar-refractivity contribution in [3.63, 3.8) is 0 Å². The number of piperidine rings is 1. The van der Waals surface area contributed by atoms with Gasteiger partial charge < -0.3 is 14.6 Å². The number of aromatic nitrogens is 2. The van der Waals surface area contributed by atoms with Crippen molar-refractivity contribution in [2.24, 2.45) is 24.3 Å². The van der Waals surface area contributed by atoms with Crippen LogP contribution in [0.15, 0.2) is 12.4 Å². The van der Waals surface area contributed by atoms with Gasteiger partial charge >= 0.3 is 5.97 Å². The molecule has 156 valence electrons. The van der Waals surface area contributed by atoms with E-state index in [2.05, 4.69) is 23.7 Å². The molecular weight excluding hydrogens is 356 g/mol. The fraction of sp³-hybridized carbons (Fsp3) is 0.762. The Morgan fingerprint density at radius 2 is 1.96 bits per heavy atom. The first-order valence-corrected chi connectivity index (χ1v) is 10.6. The second-order valence-electron chi connectivity index (χ2n) is 8.64. The number of carboxylic acid groups (broad SMARTS) is 1. The molecule has 3 rings (SSSR count). The first-order valence-electron chi connectivity index (χ1n) is 10.6. The highest BCUT2D eigenvalue weighted by atomic mass is 16.4. The number of hydrogen-bond acceptors (Lipinski definition) is 4. The maximum Gasteiger partial charge on any atom is 0.308 e. The summed E-state index contributed by atoms with van der Waals surface area (Å²) in [5, 5.41) is 9.86. The summed E-state index contributed by atoms with van der Waals surface area (Å²) in [6.45, 7) is 7.64. The molecule has 2 aliphatic rings. The van der Waals surface area contributed by atoms with Gasteiger partial charge in [-0.1, -0.05) is 26.7 Å². The normalized spacial score (nSPS) is 22.3. The zero-order valence-corrected chi connectivity index (χ0v) is 17.4. The minimum absolute atomic E-state index is 0.233. The van der Waals surface area contributed by atoms with E-state index >= 15 is 0 Å². The summed E-state index contributed by atoms with van der Waals surface area (Å²) in [4.78, 5) is 33.2. The number of carbonyl (C=O) groups is 2. The highest BCUT2D eigenvalue weighted by Crippen LogP contribution is 2.45. The molecule has 2 aliphatic heterocycles. The molecule has 2 fully saturated rings. The average Bonchev–Trinajstić information content (AvgIpc) is 3.24. The topological polar surface area (TPSA) is 78.7 Å². The Balaban J connectivity index is 1.63. The van der Waals surface area contributed by atoms with Gasteiger partial charge in [0.25, 0.3) is 0 Å². The fourth-order valence-corrected chi connectivity index (χ4v) is 4.94. The molecule has 7 heteroatoms. The lowest BCUT2D eigenvalue weighted by Crippen LogP contribution is -2.48. The monoisotopic (exact) mass is 390 g/mol. The molecule has 7 nitrogen and oxygen atoms in total. The summed E-state index contributed by atoms with van der Waals surface area (Å²) in [5.41, 5.74) is -0.233. The van der Waals surface area contributed by atoms with Gasteiger partial charge in [-0.3, -0.25) is 14.5 Å². The second-order valence-corrected chi connectivity index (χ2v) is 8.64. The standard InChI is InChI=1S/C21H34N4O3/c1-4-16(5-2)12-19(26)25-9-6-21(7-10-25)15-24(13-17(21)20(27)28)14-18-22-8-11-23(18)3/h8,11,16-17H,4-7,9-10,12-15H2,1-3H3,(H,27,28). The molecule has 1 spiro atoms. The highest BCUT2D eigenvalue weighted by Gasteiger charge is 2.51. The minimum atomic E-state index is -0.709. The van der Waals surface area contributed by atoms with Crippen molar-refractivity contribution in [3.8, 4) is 0 Å². The predicted molar refractivity (Wildman–Crippen MR) is 107 cm³/mol. The van der Waals surface area contributed by atoms with Crippen LogP contribution in [0.3, 0.4) is 0 Å². The van der Waals surface area contributed by atoms with Crippen LogP contribution in [-0.4, -0.2) is 62.5 Å². The molecule has 1 aromatic rings. The minimum Gasteiger partial charge on any atom is -0.481 e. The van der Waals surface area contributed by atoms with Gasteiger partial charge in [-0.2, -0.15) is 0 Å². The van der Waals surface area contributed by atoms with Gasteiger partial charge in [-0.05, 0) is 18.8 Å². The number of carbonyl (C=O) groups excluding carboxylic acids is 1. The van der Waals surface area contributed by atoms with E-state index in [9.17, 15) is 14.7 Å². The van der Waals surface area contributed by atoms with Gasteiger partial charge in [0.15, 0.2) is 0 Å². The Hall–Kier alpha value is -1.89. The summed E-state index contributed by atoms with van der Waals surface area (Å²) < 4.78 is 1.99. The van der Waals surface area contributed by atoms with Crippen molar-refractivity contribution in [1.82, 2.24) is 19.4 Å². The molecular formula is C21H34N4O3. The van der Waals surface area contributed by atoms with Crippen molar-refractivity contribution < 1.29 is 14.7 Å². The zero-order valence-electron chi connectivity index (χ0n) is 17.4. The molecule has 28 heavy (non-hydrogen) atoms. The molecule has 1 atom stereocenters. The molecule has 0 radical (unpaired) electrons. The number of hydrogen-bond donors (Lipinski definition) is 1. The third-order valence-corrected chi connectivity index (χ3v) is 7.03. The summed E-state index contributed by atoms with van der Waals surface area (Å²) in [6.07, 6.45) is 7.92.